The highest BCUT2D eigenvalue weighted by Crippen LogP contribution is 2.14. The number of benzene rings is 1. The van der Waals surface area contributed by atoms with Gasteiger partial charge in [-0.3, -0.25) is 4.79 Å². The standard InChI is InChI=1S/C13H20N2O/c1-9(2)15(4)13(16)12(14)11-7-5-10(3)6-8-11/h5-9,12H,14H2,1-4H3. The van der Waals surface area contributed by atoms with Crippen molar-refractivity contribution in [1.82, 2.24) is 4.90 Å². The zero-order valence-corrected chi connectivity index (χ0v) is 10.4. The number of carbonyl (C=O) groups is 1. The van der Waals surface area contributed by atoms with Crippen molar-refractivity contribution in [3.05, 3.63) is 35.4 Å². The van der Waals surface area contributed by atoms with Gasteiger partial charge >= 0.3 is 0 Å². The lowest BCUT2D eigenvalue weighted by Crippen LogP contribution is -2.39. The summed E-state index contributed by atoms with van der Waals surface area (Å²) in [6, 6.07) is 7.37. The van der Waals surface area contributed by atoms with E-state index in [2.05, 4.69) is 0 Å². The summed E-state index contributed by atoms with van der Waals surface area (Å²) >= 11 is 0. The first-order valence-corrected chi connectivity index (χ1v) is 5.52. The molecule has 0 fully saturated rings. The van der Waals surface area contributed by atoms with Gasteiger partial charge in [-0.05, 0) is 26.3 Å². The van der Waals surface area contributed by atoms with Crippen LogP contribution < -0.4 is 5.73 Å². The number of hydrogen-bond acceptors (Lipinski definition) is 2. The molecule has 1 aromatic rings. The van der Waals surface area contributed by atoms with E-state index in [4.69, 9.17) is 5.73 Å². The van der Waals surface area contributed by atoms with Gasteiger partial charge in [0.25, 0.3) is 0 Å². The average molecular weight is 220 g/mol. The van der Waals surface area contributed by atoms with Crippen molar-refractivity contribution in [2.24, 2.45) is 5.73 Å². The second-order valence-electron chi connectivity index (χ2n) is 4.43. The third-order valence-corrected chi connectivity index (χ3v) is 2.82. The fourth-order valence-electron chi connectivity index (χ4n) is 1.39. The van der Waals surface area contributed by atoms with E-state index in [1.807, 2.05) is 45.0 Å². The van der Waals surface area contributed by atoms with E-state index in [0.717, 1.165) is 5.56 Å². The lowest BCUT2D eigenvalue weighted by Gasteiger charge is -2.25. The molecule has 0 aliphatic heterocycles. The largest absolute Gasteiger partial charge is 0.342 e. The molecule has 0 heterocycles. The number of carbonyl (C=O) groups excluding carboxylic acids is 1. The van der Waals surface area contributed by atoms with Crippen LogP contribution in [0.2, 0.25) is 0 Å². The minimum Gasteiger partial charge on any atom is -0.342 e. The number of hydrogen-bond donors (Lipinski definition) is 1. The van der Waals surface area contributed by atoms with Crippen LogP contribution in [0.3, 0.4) is 0 Å². The number of aryl methyl sites for hydroxylation is 1. The highest BCUT2D eigenvalue weighted by atomic mass is 16.2. The zero-order valence-electron chi connectivity index (χ0n) is 10.4. The molecular weight excluding hydrogens is 200 g/mol. The molecule has 0 spiro atoms. The Morgan fingerprint density at radius 3 is 2.19 bits per heavy atom. The monoisotopic (exact) mass is 220 g/mol. The number of nitrogens with zero attached hydrogens (tertiary/aromatic N) is 1. The average Bonchev–Trinajstić information content (AvgIpc) is 2.27. The van der Waals surface area contributed by atoms with Crippen LogP contribution in [-0.2, 0) is 4.79 Å². The smallest absolute Gasteiger partial charge is 0.244 e. The molecule has 0 bridgehead atoms. The Bertz CT molecular complexity index is 357. The van der Waals surface area contributed by atoms with Gasteiger partial charge in [0.1, 0.15) is 6.04 Å². The Kier molecular flexibility index (Phi) is 4.07. The molecule has 0 saturated carbocycles. The highest BCUT2D eigenvalue weighted by molar-refractivity contribution is 5.83. The van der Waals surface area contributed by atoms with E-state index >= 15 is 0 Å². The molecule has 0 aliphatic rings. The van der Waals surface area contributed by atoms with Crippen molar-refractivity contribution in [3.8, 4) is 0 Å². The predicted molar refractivity (Wildman–Crippen MR) is 66.0 cm³/mol. The number of amides is 1. The summed E-state index contributed by atoms with van der Waals surface area (Å²) in [4.78, 5) is 13.6. The Morgan fingerprint density at radius 1 is 1.25 bits per heavy atom. The van der Waals surface area contributed by atoms with Gasteiger partial charge in [-0.15, -0.1) is 0 Å². The van der Waals surface area contributed by atoms with Crippen molar-refractivity contribution < 1.29 is 4.79 Å². The zero-order chi connectivity index (χ0) is 12.3. The maximum Gasteiger partial charge on any atom is 0.244 e. The molecule has 0 radical (unpaired) electrons. The Hall–Kier alpha value is -1.35. The molecule has 0 aliphatic carbocycles. The molecule has 3 nitrogen and oxygen atoms in total. The Balaban J connectivity index is 2.82. The van der Waals surface area contributed by atoms with Gasteiger partial charge in [0.2, 0.25) is 5.91 Å². The van der Waals surface area contributed by atoms with E-state index in [0.29, 0.717) is 0 Å². The summed E-state index contributed by atoms with van der Waals surface area (Å²) in [7, 11) is 1.78. The quantitative estimate of drug-likeness (QED) is 0.845. The van der Waals surface area contributed by atoms with E-state index in [1.165, 1.54) is 5.56 Å². The minimum absolute atomic E-state index is 0.0427. The van der Waals surface area contributed by atoms with Crippen LogP contribution >= 0.6 is 0 Å². The summed E-state index contributed by atoms with van der Waals surface area (Å²) in [6.45, 7) is 5.96. The number of rotatable bonds is 3. The fourth-order valence-corrected chi connectivity index (χ4v) is 1.39. The first-order valence-electron chi connectivity index (χ1n) is 5.52. The van der Waals surface area contributed by atoms with Gasteiger partial charge in [-0.2, -0.15) is 0 Å². The van der Waals surface area contributed by atoms with E-state index in [1.54, 1.807) is 11.9 Å². The van der Waals surface area contributed by atoms with Crippen molar-refractivity contribution in [3.63, 3.8) is 0 Å². The summed E-state index contributed by atoms with van der Waals surface area (Å²) in [5.41, 5.74) is 7.97. The summed E-state index contributed by atoms with van der Waals surface area (Å²) < 4.78 is 0. The lowest BCUT2D eigenvalue weighted by molar-refractivity contribution is -0.132. The Morgan fingerprint density at radius 2 is 1.75 bits per heavy atom. The Labute approximate surface area is 97.2 Å². The normalized spacial score (nSPS) is 12.6. The molecule has 1 atom stereocenters. The minimum atomic E-state index is -0.562. The topological polar surface area (TPSA) is 46.3 Å². The van der Waals surface area contributed by atoms with Gasteiger partial charge in [-0.25, -0.2) is 0 Å². The molecule has 16 heavy (non-hydrogen) atoms. The van der Waals surface area contributed by atoms with Crippen LogP contribution in [0.5, 0.6) is 0 Å². The van der Waals surface area contributed by atoms with E-state index < -0.39 is 6.04 Å². The van der Waals surface area contributed by atoms with Gasteiger partial charge in [0.15, 0.2) is 0 Å². The van der Waals surface area contributed by atoms with Crippen LogP contribution in [0.1, 0.15) is 31.0 Å². The molecule has 2 N–H and O–H groups in total. The predicted octanol–water partition coefficient (Wildman–Crippen LogP) is 1.86. The molecule has 0 saturated heterocycles. The van der Waals surface area contributed by atoms with Crippen LogP contribution in [0.4, 0.5) is 0 Å². The second kappa shape index (κ2) is 5.12. The molecule has 1 unspecified atom stereocenters. The second-order valence-corrected chi connectivity index (χ2v) is 4.43. The molecule has 3 heteroatoms. The first-order chi connectivity index (χ1) is 7.43. The third kappa shape index (κ3) is 2.83. The van der Waals surface area contributed by atoms with Gasteiger partial charge in [-0.1, -0.05) is 29.8 Å². The van der Waals surface area contributed by atoms with Crippen molar-refractivity contribution in [2.75, 3.05) is 7.05 Å². The molecule has 1 rings (SSSR count). The molecule has 1 amide bonds. The number of likely N-dealkylation sites (N-methyl/N-ethyl adjacent to an activating group) is 1. The van der Waals surface area contributed by atoms with Crippen molar-refractivity contribution in [2.45, 2.75) is 32.9 Å². The van der Waals surface area contributed by atoms with Crippen LogP contribution in [0.25, 0.3) is 0 Å². The molecule has 88 valence electrons. The first kappa shape index (κ1) is 12.7. The fraction of sp³-hybridized carbons (Fsp3) is 0.462. The third-order valence-electron chi connectivity index (χ3n) is 2.82. The van der Waals surface area contributed by atoms with Gasteiger partial charge < -0.3 is 10.6 Å². The van der Waals surface area contributed by atoms with Crippen LogP contribution in [-0.4, -0.2) is 23.9 Å². The summed E-state index contributed by atoms with van der Waals surface area (Å²) in [6.07, 6.45) is 0. The summed E-state index contributed by atoms with van der Waals surface area (Å²) in [5.74, 6) is -0.0427. The summed E-state index contributed by atoms with van der Waals surface area (Å²) in [5, 5.41) is 0. The molecule has 0 aromatic heterocycles. The van der Waals surface area contributed by atoms with Crippen LogP contribution in [0.15, 0.2) is 24.3 Å². The maximum atomic E-state index is 12.0. The molecular formula is C13H20N2O. The highest BCUT2D eigenvalue weighted by Gasteiger charge is 2.21. The van der Waals surface area contributed by atoms with Gasteiger partial charge in [0.05, 0.1) is 0 Å². The van der Waals surface area contributed by atoms with E-state index in [-0.39, 0.29) is 11.9 Å². The SMILES string of the molecule is Cc1ccc(C(N)C(=O)N(C)C(C)C)cc1. The van der Waals surface area contributed by atoms with E-state index in [9.17, 15) is 4.79 Å². The number of nitrogens with two attached hydrogens (primary N) is 1. The van der Waals surface area contributed by atoms with Gasteiger partial charge in [0, 0.05) is 13.1 Å². The lowest BCUT2D eigenvalue weighted by atomic mass is 10.0. The maximum absolute atomic E-state index is 12.0. The van der Waals surface area contributed by atoms with Crippen LogP contribution in [0, 0.1) is 6.92 Å². The van der Waals surface area contributed by atoms with Crippen molar-refractivity contribution >= 4 is 5.91 Å². The molecule has 1 aromatic carbocycles. The van der Waals surface area contributed by atoms with Crippen molar-refractivity contribution in [1.29, 1.82) is 0 Å².